The van der Waals surface area contributed by atoms with Crippen molar-refractivity contribution >= 4 is 18.0 Å². The Morgan fingerprint density at radius 2 is 1.82 bits per heavy atom. The van der Waals surface area contributed by atoms with Gasteiger partial charge in [0.2, 0.25) is 5.91 Å². The molecular formula is C20H28N2O6. The Kier molecular flexibility index (Phi) is 8.74. The molecule has 1 heterocycles. The zero-order valence-electron chi connectivity index (χ0n) is 16.4. The Labute approximate surface area is 165 Å². The maximum atomic E-state index is 12.6. The molecule has 0 bridgehead atoms. The summed E-state index contributed by atoms with van der Waals surface area (Å²) in [5.74, 6) is 0.643. The van der Waals surface area contributed by atoms with Gasteiger partial charge >= 0.3 is 6.16 Å². The molecule has 1 N–H and O–H groups in total. The molecule has 0 saturated carbocycles. The minimum absolute atomic E-state index is 0.00881. The van der Waals surface area contributed by atoms with Crippen LogP contribution >= 0.6 is 0 Å². The summed E-state index contributed by atoms with van der Waals surface area (Å²) in [7, 11) is 1.57. The summed E-state index contributed by atoms with van der Waals surface area (Å²) >= 11 is 0. The molecular weight excluding hydrogens is 364 g/mol. The second-order valence-corrected chi connectivity index (χ2v) is 6.59. The first kappa shape index (κ1) is 21.7. The monoisotopic (exact) mass is 392 g/mol. The molecule has 1 aliphatic heterocycles. The quantitative estimate of drug-likeness (QED) is 0.539. The fraction of sp³-hybridized carbons (Fsp3) is 0.550. The fourth-order valence-electron chi connectivity index (χ4n) is 2.97. The second kappa shape index (κ2) is 11.3. The van der Waals surface area contributed by atoms with Crippen molar-refractivity contribution in [3.05, 3.63) is 29.8 Å². The molecule has 1 aromatic rings. The van der Waals surface area contributed by atoms with Crippen molar-refractivity contribution in [2.45, 2.75) is 26.2 Å². The van der Waals surface area contributed by atoms with E-state index in [9.17, 15) is 14.4 Å². The van der Waals surface area contributed by atoms with Crippen LogP contribution in [-0.2, 0) is 14.3 Å². The van der Waals surface area contributed by atoms with E-state index in [1.165, 1.54) is 0 Å². The molecule has 154 valence electrons. The minimum atomic E-state index is -0.766. The van der Waals surface area contributed by atoms with Crippen LogP contribution in [0.5, 0.6) is 5.75 Å². The Bertz CT molecular complexity index is 653. The van der Waals surface area contributed by atoms with Crippen LogP contribution < -0.4 is 10.1 Å². The van der Waals surface area contributed by atoms with Crippen molar-refractivity contribution in [2.24, 2.45) is 5.92 Å². The first-order chi connectivity index (χ1) is 13.5. The standard InChI is InChI=1S/C20H28N2O6/c1-3-27-20(25)28-17-6-4-16(5-7-17)19(24)22-11-8-15(9-12-22)14-21-18(23)10-13-26-2/h4-7,15H,3,8-14H2,1-2H3,(H,21,23). The third-order valence-electron chi connectivity index (χ3n) is 4.59. The van der Waals surface area contributed by atoms with Gasteiger partial charge in [-0.1, -0.05) is 0 Å². The van der Waals surface area contributed by atoms with Crippen molar-refractivity contribution in [3.63, 3.8) is 0 Å². The Balaban J connectivity index is 1.77. The van der Waals surface area contributed by atoms with Gasteiger partial charge in [-0.15, -0.1) is 0 Å². The number of hydrogen-bond donors (Lipinski definition) is 1. The van der Waals surface area contributed by atoms with Crippen LogP contribution in [0.3, 0.4) is 0 Å². The van der Waals surface area contributed by atoms with Gasteiger partial charge in [-0.05, 0) is 49.9 Å². The maximum absolute atomic E-state index is 12.6. The molecule has 0 aromatic heterocycles. The van der Waals surface area contributed by atoms with Gasteiger partial charge in [0.15, 0.2) is 0 Å². The minimum Gasteiger partial charge on any atom is -0.434 e. The van der Waals surface area contributed by atoms with Gasteiger partial charge in [-0.2, -0.15) is 0 Å². The van der Waals surface area contributed by atoms with Crippen LogP contribution in [0.15, 0.2) is 24.3 Å². The lowest BCUT2D eigenvalue weighted by Crippen LogP contribution is -2.41. The second-order valence-electron chi connectivity index (χ2n) is 6.59. The van der Waals surface area contributed by atoms with Crippen LogP contribution in [0.2, 0.25) is 0 Å². The number of ether oxygens (including phenoxy) is 3. The van der Waals surface area contributed by atoms with Gasteiger partial charge in [-0.25, -0.2) is 4.79 Å². The number of rotatable bonds is 8. The normalized spacial score (nSPS) is 14.4. The number of piperidine rings is 1. The van der Waals surface area contributed by atoms with Crippen molar-refractivity contribution in [3.8, 4) is 5.75 Å². The summed E-state index contributed by atoms with van der Waals surface area (Å²) in [4.78, 5) is 37.4. The lowest BCUT2D eigenvalue weighted by atomic mass is 9.96. The molecule has 1 aliphatic rings. The number of benzene rings is 1. The highest BCUT2D eigenvalue weighted by Gasteiger charge is 2.24. The number of nitrogens with one attached hydrogen (secondary N) is 1. The van der Waals surface area contributed by atoms with E-state index in [2.05, 4.69) is 5.32 Å². The highest BCUT2D eigenvalue weighted by atomic mass is 16.7. The number of carbonyl (C=O) groups is 3. The van der Waals surface area contributed by atoms with E-state index < -0.39 is 6.16 Å². The average molecular weight is 392 g/mol. The van der Waals surface area contributed by atoms with Crippen molar-refractivity contribution in [1.82, 2.24) is 10.2 Å². The third-order valence-corrected chi connectivity index (χ3v) is 4.59. The van der Waals surface area contributed by atoms with E-state index >= 15 is 0 Å². The van der Waals surface area contributed by atoms with E-state index in [1.54, 1.807) is 38.3 Å². The summed E-state index contributed by atoms with van der Waals surface area (Å²) in [6, 6.07) is 6.43. The highest BCUT2D eigenvalue weighted by molar-refractivity contribution is 5.94. The van der Waals surface area contributed by atoms with Crippen molar-refractivity contribution in [2.75, 3.05) is 40.0 Å². The lowest BCUT2D eigenvalue weighted by Gasteiger charge is -2.32. The van der Waals surface area contributed by atoms with Crippen LogP contribution in [0, 0.1) is 5.92 Å². The molecule has 8 nitrogen and oxygen atoms in total. The van der Waals surface area contributed by atoms with E-state index in [0.717, 1.165) is 12.8 Å². The van der Waals surface area contributed by atoms with E-state index in [1.807, 2.05) is 4.90 Å². The van der Waals surface area contributed by atoms with Gasteiger partial charge in [0.25, 0.3) is 5.91 Å². The third kappa shape index (κ3) is 6.84. The largest absolute Gasteiger partial charge is 0.513 e. The molecule has 2 amide bonds. The van der Waals surface area contributed by atoms with Crippen molar-refractivity contribution in [1.29, 1.82) is 0 Å². The van der Waals surface area contributed by atoms with Crippen LogP contribution in [0.25, 0.3) is 0 Å². The number of amides is 2. The predicted octanol–water partition coefficient (Wildman–Crippen LogP) is 2.23. The molecule has 1 saturated heterocycles. The highest BCUT2D eigenvalue weighted by Crippen LogP contribution is 2.20. The van der Waals surface area contributed by atoms with Gasteiger partial charge in [0.05, 0.1) is 13.2 Å². The predicted molar refractivity (Wildman–Crippen MR) is 102 cm³/mol. The molecule has 0 aliphatic carbocycles. The lowest BCUT2D eigenvalue weighted by molar-refractivity contribution is -0.122. The van der Waals surface area contributed by atoms with E-state index in [0.29, 0.717) is 49.9 Å². The average Bonchev–Trinajstić information content (AvgIpc) is 2.71. The molecule has 8 heteroatoms. The van der Waals surface area contributed by atoms with E-state index in [-0.39, 0.29) is 18.4 Å². The zero-order chi connectivity index (χ0) is 20.4. The Hall–Kier alpha value is -2.61. The number of hydrogen-bond acceptors (Lipinski definition) is 6. The summed E-state index contributed by atoms with van der Waals surface area (Å²) in [5, 5.41) is 2.92. The molecule has 0 atom stereocenters. The molecule has 28 heavy (non-hydrogen) atoms. The smallest absolute Gasteiger partial charge is 0.434 e. The molecule has 2 rings (SSSR count). The number of carbonyl (C=O) groups excluding carboxylic acids is 3. The van der Waals surface area contributed by atoms with Gasteiger partial charge in [-0.3, -0.25) is 9.59 Å². The summed E-state index contributed by atoms with van der Waals surface area (Å²) in [6.07, 6.45) is 1.29. The summed E-state index contributed by atoms with van der Waals surface area (Å²) in [5.41, 5.74) is 0.544. The van der Waals surface area contributed by atoms with Gasteiger partial charge in [0.1, 0.15) is 5.75 Å². The maximum Gasteiger partial charge on any atom is 0.513 e. The van der Waals surface area contributed by atoms with Crippen molar-refractivity contribution < 1.29 is 28.6 Å². The van der Waals surface area contributed by atoms with E-state index in [4.69, 9.17) is 14.2 Å². The summed E-state index contributed by atoms with van der Waals surface area (Å²) in [6.45, 7) is 4.29. The number of methoxy groups -OCH3 is 1. The SMILES string of the molecule is CCOC(=O)Oc1ccc(C(=O)N2CCC(CNC(=O)CCOC)CC2)cc1. The van der Waals surface area contributed by atoms with Crippen LogP contribution in [0.4, 0.5) is 4.79 Å². The fourth-order valence-corrected chi connectivity index (χ4v) is 2.97. The molecule has 0 unspecified atom stereocenters. The molecule has 0 spiro atoms. The molecule has 1 aromatic carbocycles. The molecule has 0 radical (unpaired) electrons. The zero-order valence-corrected chi connectivity index (χ0v) is 16.4. The van der Waals surface area contributed by atoms with Gasteiger partial charge in [0, 0.05) is 38.7 Å². The van der Waals surface area contributed by atoms with Gasteiger partial charge < -0.3 is 24.4 Å². The Morgan fingerprint density at radius 1 is 1.14 bits per heavy atom. The topological polar surface area (TPSA) is 94.2 Å². The number of nitrogens with zero attached hydrogens (tertiary/aromatic N) is 1. The number of likely N-dealkylation sites (tertiary alicyclic amines) is 1. The van der Waals surface area contributed by atoms with Crippen LogP contribution in [-0.4, -0.2) is 62.8 Å². The first-order valence-electron chi connectivity index (χ1n) is 9.53. The molecule has 1 fully saturated rings. The Morgan fingerprint density at radius 3 is 2.43 bits per heavy atom. The summed E-state index contributed by atoms with van der Waals surface area (Å²) < 4.78 is 14.6. The van der Waals surface area contributed by atoms with Crippen LogP contribution in [0.1, 0.15) is 36.5 Å². The first-order valence-corrected chi connectivity index (χ1v) is 9.53.